The quantitative estimate of drug-likeness (QED) is 0.481. The van der Waals surface area contributed by atoms with Gasteiger partial charge in [0.1, 0.15) is 5.69 Å². The van der Waals surface area contributed by atoms with Gasteiger partial charge in [0.05, 0.1) is 18.0 Å². The van der Waals surface area contributed by atoms with Gasteiger partial charge in [-0.15, -0.1) is 0 Å². The number of nitro benzene ring substituents is 1. The summed E-state index contributed by atoms with van der Waals surface area (Å²) in [4.78, 5) is 10.1. The van der Waals surface area contributed by atoms with Gasteiger partial charge in [-0.2, -0.15) is 0 Å². The summed E-state index contributed by atoms with van der Waals surface area (Å²) in [6, 6.07) is 4.30. The highest BCUT2D eigenvalue weighted by molar-refractivity contribution is 14.1. The van der Waals surface area contributed by atoms with Crippen molar-refractivity contribution >= 4 is 34.0 Å². The molecule has 3 N–H and O–H groups in total. The van der Waals surface area contributed by atoms with Crippen molar-refractivity contribution < 1.29 is 13.7 Å². The number of nitrogens with one attached hydrogen (secondary N) is 1. The molecule has 1 aromatic carbocycles. The van der Waals surface area contributed by atoms with Crippen LogP contribution in [-0.2, 0) is 0 Å². The fourth-order valence-electron chi connectivity index (χ4n) is 1.10. The van der Waals surface area contributed by atoms with Crippen molar-refractivity contribution in [1.82, 2.24) is 0 Å². The molecule has 0 saturated heterocycles. The fraction of sp³-hybridized carbons (Fsp3) is 0.333. The Kier molecular flexibility index (Phi) is 4.57. The van der Waals surface area contributed by atoms with E-state index in [1.165, 1.54) is 12.1 Å². The number of nitro groups is 1. The minimum atomic E-state index is -3.09. The Hall–Kier alpha value is -1.03. The Balaban J connectivity index is 2.88. The maximum absolute atomic E-state index is 12.9. The average molecular weight is 357 g/mol. The molecular weight excluding hydrogens is 347 g/mol. The predicted molar refractivity (Wildman–Crippen MR) is 68.3 cm³/mol. The van der Waals surface area contributed by atoms with Crippen LogP contribution < -0.4 is 11.1 Å². The first-order chi connectivity index (χ1) is 7.85. The number of rotatable bonds is 5. The van der Waals surface area contributed by atoms with Gasteiger partial charge in [-0.05, 0) is 34.7 Å². The standard InChI is InChI=1S/C9H10F2IN3O2/c10-9(11,4-13)5-14-7-2-1-6(12)3-8(7)15(16)17/h1-3,14H,4-5,13H2. The molecule has 94 valence electrons. The summed E-state index contributed by atoms with van der Waals surface area (Å²) in [5, 5.41) is 13.1. The van der Waals surface area contributed by atoms with Crippen molar-refractivity contribution in [3.05, 3.63) is 31.9 Å². The average Bonchev–Trinajstić information content (AvgIpc) is 2.27. The molecule has 0 radical (unpaired) electrons. The van der Waals surface area contributed by atoms with Gasteiger partial charge in [0, 0.05) is 9.64 Å². The van der Waals surface area contributed by atoms with E-state index in [0.29, 0.717) is 3.57 Å². The normalized spacial score (nSPS) is 11.3. The van der Waals surface area contributed by atoms with E-state index in [1.54, 1.807) is 6.07 Å². The summed E-state index contributed by atoms with van der Waals surface area (Å²) in [5.41, 5.74) is 4.69. The lowest BCUT2D eigenvalue weighted by molar-refractivity contribution is -0.384. The van der Waals surface area contributed by atoms with E-state index in [0.717, 1.165) is 0 Å². The van der Waals surface area contributed by atoms with Gasteiger partial charge >= 0.3 is 0 Å². The molecule has 0 amide bonds. The lowest BCUT2D eigenvalue weighted by Gasteiger charge is -2.15. The van der Waals surface area contributed by atoms with Crippen LogP contribution in [0.2, 0.25) is 0 Å². The Bertz CT molecular complexity index is 429. The van der Waals surface area contributed by atoms with E-state index < -0.39 is 23.9 Å². The molecule has 0 aliphatic rings. The number of halogens is 3. The SMILES string of the molecule is NCC(F)(F)CNc1ccc(I)cc1[N+](=O)[O-]. The van der Waals surface area contributed by atoms with Gasteiger partial charge in [-0.1, -0.05) is 0 Å². The Morgan fingerprint density at radius 3 is 2.71 bits per heavy atom. The molecule has 17 heavy (non-hydrogen) atoms. The lowest BCUT2D eigenvalue weighted by atomic mass is 10.2. The second-order valence-corrected chi connectivity index (χ2v) is 4.58. The molecule has 0 spiro atoms. The molecule has 0 aromatic heterocycles. The molecule has 0 aliphatic carbocycles. The van der Waals surface area contributed by atoms with Gasteiger partial charge in [0.15, 0.2) is 0 Å². The van der Waals surface area contributed by atoms with Crippen LogP contribution in [0.1, 0.15) is 0 Å². The number of nitrogens with zero attached hydrogens (tertiary/aromatic N) is 1. The summed E-state index contributed by atoms with van der Waals surface area (Å²) in [6.45, 7) is -1.54. The number of alkyl halides is 2. The first kappa shape index (κ1) is 14.0. The Morgan fingerprint density at radius 1 is 1.53 bits per heavy atom. The molecule has 0 fully saturated rings. The molecule has 0 saturated carbocycles. The van der Waals surface area contributed by atoms with Gasteiger partial charge in [-0.3, -0.25) is 10.1 Å². The zero-order valence-electron chi connectivity index (χ0n) is 8.62. The van der Waals surface area contributed by atoms with Crippen molar-refractivity contribution in [2.45, 2.75) is 5.92 Å². The molecule has 8 heteroatoms. The van der Waals surface area contributed by atoms with Crippen molar-refractivity contribution in [1.29, 1.82) is 0 Å². The monoisotopic (exact) mass is 357 g/mol. The van der Waals surface area contributed by atoms with Gasteiger partial charge in [-0.25, -0.2) is 8.78 Å². The minimum Gasteiger partial charge on any atom is -0.373 e. The van der Waals surface area contributed by atoms with Crippen molar-refractivity contribution in [2.24, 2.45) is 5.73 Å². The number of nitrogens with two attached hydrogens (primary N) is 1. The van der Waals surface area contributed by atoms with E-state index in [-0.39, 0.29) is 11.4 Å². The van der Waals surface area contributed by atoms with Gasteiger partial charge in [0.25, 0.3) is 11.6 Å². The van der Waals surface area contributed by atoms with Crippen molar-refractivity contribution in [3.8, 4) is 0 Å². The number of hydrogen-bond acceptors (Lipinski definition) is 4. The third-order valence-corrected chi connectivity index (χ3v) is 2.66. The molecule has 0 heterocycles. The third-order valence-electron chi connectivity index (χ3n) is 1.99. The van der Waals surface area contributed by atoms with E-state index in [4.69, 9.17) is 5.73 Å². The number of hydrogen-bond donors (Lipinski definition) is 2. The molecule has 1 aromatic rings. The molecule has 1 rings (SSSR count). The van der Waals surface area contributed by atoms with E-state index >= 15 is 0 Å². The Morgan fingerprint density at radius 2 is 2.18 bits per heavy atom. The summed E-state index contributed by atoms with van der Waals surface area (Å²) < 4.78 is 26.4. The highest BCUT2D eigenvalue weighted by Crippen LogP contribution is 2.27. The second-order valence-electron chi connectivity index (χ2n) is 3.33. The summed E-state index contributed by atoms with van der Waals surface area (Å²) in [6.07, 6.45) is 0. The maximum Gasteiger partial charge on any atom is 0.293 e. The van der Waals surface area contributed by atoms with Crippen molar-refractivity contribution in [3.63, 3.8) is 0 Å². The highest BCUT2D eigenvalue weighted by atomic mass is 127. The highest BCUT2D eigenvalue weighted by Gasteiger charge is 2.27. The van der Waals surface area contributed by atoms with E-state index in [2.05, 4.69) is 5.32 Å². The van der Waals surface area contributed by atoms with Crippen LogP contribution in [0.4, 0.5) is 20.2 Å². The van der Waals surface area contributed by atoms with E-state index in [1.807, 2.05) is 22.6 Å². The van der Waals surface area contributed by atoms with Crippen LogP contribution in [0.15, 0.2) is 18.2 Å². The third kappa shape index (κ3) is 4.04. The zero-order chi connectivity index (χ0) is 13.1. The second kappa shape index (κ2) is 5.54. The zero-order valence-corrected chi connectivity index (χ0v) is 10.8. The van der Waals surface area contributed by atoms with Crippen LogP contribution in [0.5, 0.6) is 0 Å². The fourth-order valence-corrected chi connectivity index (χ4v) is 1.58. The molecule has 0 atom stereocenters. The van der Waals surface area contributed by atoms with Gasteiger partial charge in [0.2, 0.25) is 0 Å². The predicted octanol–water partition coefficient (Wildman–Crippen LogP) is 2.21. The maximum atomic E-state index is 12.9. The molecule has 0 aliphatic heterocycles. The van der Waals surface area contributed by atoms with Crippen LogP contribution in [0, 0.1) is 13.7 Å². The smallest absolute Gasteiger partial charge is 0.293 e. The van der Waals surface area contributed by atoms with E-state index in [9.17, 15) is 18.9 Å². The first-order valence-electron chi connectivity index (χ1n) is 4.61. The van der Waals surface area contributed by atoms with Gasteiger partial charge < -0.3 is 11.1 Å². The number of anilines is 1. The summed E-state index contributed by atoms with van der Waals surface area (Å²) in [7, 11) is 0. The van der Waals surface area contributed by atoms with Crippen molar-refractivity contribution in [2.75, 3.05) is 18.4 Å². The molecule has 5 nitrogen and oxygen atoms in total. The largest absolute Gasteiger partial charge is 0.373 e. The molecular formula is C9H10F2IN3O2. The first-order valence-corrected chi connectivity index (χ1v) is 5.69. The van der Waals surface area contributed by atoms with Crippen LogP contribution >= 0.6 is 22.6 Å². The lowest BCUT2D eigenvalue weighted by Crippen LogP contribution is -2.35. The number of benzene rings is 1. The summed E-state index contributed by atoms with van der Waals surface area (Å²) in [5.74, 6) is -3.09. The Labute approximate surface area is 110 Å². The molecule has 0 unspecified atom stereocenters. The minimum absolute atomic E-state index is 0.0588. The summed E-state index contributed by atoms with van der Waals surface area (Å²) >= 11 is 1.91. The van der Waals surface area contributed by atoms with Crippen LogP contribution in [0.25, 0.3) is 0 Å². The topological polar surface area (TPSA) is 81.2 Å². The molecule has 0 bridgehead atoms. The van der Waals surface area contributed by atoms with Crippen LogP contribution in [0.3, 0.4) is 0 Å². The van der Waals surface area contributed by atoms with Crippen LogP contribution in [-0.4, -0.2) is 23.9 Å².